The van der Waals surface area contributed by atoms with Crippen molar-refractivity contribution in [1.82, 2.24) is 9.35 Å². The van der Waals surface area contributed by atoms with Crippen LogP contribution in [-0.4, -0.2) is 44.7 Å². The minimum atomic E-state index is -0.857. The molecule has 0 atom stereocenters. The summed E-state index contributed by atoms with van der Waals surface area (Å²) in [6, 6.07) is 53.9. The minimum absolute atomic E-state index is 0.00850. The molecule has 0 fully saturated rings. The summed E-state index contributed by atoms with van der Waals surface area (Å²) >= 11 is 30.0. The van der Waals surface area contributed by atoms with E-state index in [2.05, 4.69) is 5.53 Å². The summed E-state index contributed by atoms with van der Waals surface area (Å²) in [6.07, 6.45) is 0. The van der Waals surface area contributed by atoms with Gasteiger partial charge in [0.25, 0.3) is 0 Å². The molecule has 6 bridgehead atoms. The van der Waals surface area contributed by atoms with E-state index < -0.39 is 47.1 Å². The maximum Gasteiger partial charge on any atom is 0.343 e. The van der Waals surface area contributed by atoms with E-state index in [0.29, 0.717) is 66.6 Å². The summed E-state index contributed by atoms with van der Waals surface area (Å²) in [5.41, 5.74) is 8.20. The lowest BCUT2D eigenvalue weighted by atomic mass is 9.98. The van der Waals surface area contributed by atoms with Gasteiger partial charge >= 0.3 is 23.9 Å². The van der Waals surface area contributed by atoms with Crippen LogP contribution in [0.1, 0.15) is 75.1 Å². The fraction of sp³-hybridized carbons (Fsp3) is 0. The molecule has 4 aliphatic rings. The highest BCUT2D eigenvalue weighted by atomic mass is 35.5. The molecule has 0 saturated carbocycles. The normalized spacial score (nSPS) is 14.0. The minimum Gasteiger partial charge on any atom is -0.420 e. The van der Waals surface area contributed by atoms with E-state index in [1.165, 1.54) is 121 Å². The van der Waals surface area contributed by atoms with Gasteiger partial charge in [0, 0.05) is 22.3 Å². The lowest BCUT2D eigenvalue weighted by Crippen LogP contribution is -2.42. The molecular formula is C72H37Cl4F4N5O8. The van der Waals surface area contributed by atoms with Crippen molar-refractivity contribution in [2.24, 2.45) is 9.98 Å². The molecule has 93 heavy (non-hydrogen) atoms. The Kier molecular flexibility index (Phi) is 15.5. The molecule has 14 rings (SSSR count). The van der Waals surface area contributed by atoms with Crippen LogP contribution in [0.5, 0.6) is 23.0 Å². The van der Waals surface area contributed by atoms with Gasteiger partial charge in [0.2, 0.25) is 0 Å². The van der Waals surface area contributed by atoms with Crippen LogP contribution in [0.25, 0.3) is 22.3 Å². The zero-order valence-corrected chi connectivity index (χ0v) is 50.4. The SMILES string of the molecule is O=C(Oc1ccccc1F)c1ccc(C2=C3N=C(C(Cl)=C3Cl)C(c3ccc(C(=O)Oc4ccccc4F)cc3)=c3ccc4n3Nn3c2ccc3C(c2ccc(C(=O)Oc3ccccc3F)cc2)=C2N=C(C(Cl)=C2Cl)C=4c2ccc(C(=O)Oc3ccccc3F)cc2)cc1. The van der Waals surface area contributed by atoms with Crippen molar-refractivity contribution in [1.29, 1.82) is 0 Å². The van der Waals surface area contributed by atoms with Crippen molar-refractivity contribution in [2.75, 3.05) is 5.53 Å². The number of aliphatic imine (C=N–C) groups is 2. The van der Waals surface area contributed by atoms with Gasteiger partial charge in [0.05, 0.1) is 87.3 Å². The van der Waals surface area contributed by atoms with E-state index in [1.54, 1.807) is 82.1 Å². The molecular weight excluding hydrogens is 1280 g/mol. The molecule has 2 aromatic heterocycles. The fourth-order valence-corrected chi connectivity index (χ4v) is 11.8. The lowest BCUT2D eigenvalue weighted by molar-refractivity contribution is 0.0718. The first-order chi connectivity index (χ1) is 45.1. The van der Waals surface area contributed by atoms with Gasteiger partial charge in [-0.05, 0) is 144 Å². The first-order valence-corrected chi connectivity index (χ1v) is 29.6. The Labute approximate surface area is 544 Å². The van der Waals surface area contributed by atoms with Gasteiger partial charge in [-0.3, -0.25) is 0 Å². The van der Waals surface area contributed by atoms with Crippen LogP contribution >= 0.6 is 46.4 Å². The predicted molar refractivity (Wildman–Crippen MR) is 343 cm³/mol. The third kappa shape index (κ3) is 10.9. The van der Waals surface area contributed by atoms with Crippen LogP contribution < -0.4 is 35.2 Å². The molecule has 8 aromatic carbocycles. The molecule has 4 aliphatic heterocycles. The Morgan fingerprint density at radius 2 is 0.591 bits per heavy atom. The maximum absolute atomic E-state index is 14.8. The van der Waals surface area contributed by atoms with E-state index in [-0.39, 0.29) is 88.2 Å². The van der Waals surface area contributed by atoms with Crippen molar-refractivity contribution < 1.29 is 55.7 Å². The highest BCUT2D eigenvalue weighted by Crippen LogP contribution is 2.46. The largest absolute Gasteiger partial charge is 0.420 e. The van der Waals surface area contributed by atoms with E-state index in [0.717, 1.165) is 24.3 Å². The first kappa shape index (κ1) is 59.5. The average molecular weight is 1320 g/mol. The second-order valence-corrected chi connectivity index (χ2v) is 22.5. The third-order valence-electron chi connectivity index (χ3n) is 15.4. The number of fused-ring (bicyclic) bond motifs is 2. The second kappa shape index (κ2) is 24.3. The number of halogens is 8. The molecule has 1 N–H and O–H groups in total. The number of ether oxygens (including phenoxy) is 4. The zero-order valence-electron chi connectivity index (χ0n) is 47.4. The van der Waals surface area contributed by atoms with E-state index in [4.69, 9.17) is 75.3 Å². The quantitative estimate of drug-likeness (QED) is 0.0716. The van der Waals surface area contributed by atoms with Gasteiger partial charge in [-0.2, -0.15) is 0 Å². The number of para-hydroxylation sites is 4. The summed E-state index contributed by atoms with van der Waals surface area (Å²) < 4.78 is 84.4. The third-order valence-corrected chi connectivity index (χ3v) is 17.1. The standard InChI is InChI=1S/C72H37Cl4F4N5O8/c73-61-62(74)66-59(39-21-29-43(30-22-39)71(88)92-55-15-7-3-11-47(55)79)51-35-36-52-60(40-23-31-44(32-24-40)72(89)93-56-16-8-4-12-48(56)80)68-64(76)63(75)67(82-68)58(38-19-27-42(28-20-38)70(87)91-54-14-6-2-10-46(54)78)50-34-33-49(84(50)83-85(51)52)57(65(61)81-66)37-17-25-41(26-18-37)69(86)90-53-13-5-1-9-45(53)77/h1-36,83H. The Morgan fingerprint density at radius 1 is 0.323 bits per heavy atom. The van der Waals surface area contributed by atoms with Gasteiger partial charge < -0.3 is 18.9 Å². The average Bonchev–Trinajstić information content (AvgIpc) is 1.58. The molecule has 0 unspecified atom stereocenters. The number of esters is 4. The molecule has 21 heteroatoms. The highest BCUT2D eigenvalue weighted by Gasteiger charge is 2.36. The Bertz CT molecular complexity index is 4910. The van der Waals surface area contributed by atoms with Gasteiger partial charge in [0.15, 0.2) is 46.3 Å². The number of benzene rings is 8. The summed E-state index contributed by atoms with van der Waals surface area (Å²) in [7, 11) is 0. The molecule has 0 amide bonds. The van der Waals surface area contributed by atoms with Crippen molar-refractivity contribution >= 4 is 104 Å². The summed E-state index contributed by atoms with van der Waals surface area (Å²) in [4.78, 5) is 65.2. The number of hydrogen-bond donors (Lipinski definition) is 1. The maximum atomic E-state index is 14.8. The van der Waals surface area contributed by atoms with Gasteiger partial charge in [-0.1, -0.05) is 143 Å². The number of carbonyl (C=O) groups excluding carboxylic acids is 4. The van der Waals surface area contributed by atoms with Crippen LogP contribution in [-0.2, 0) is 0 Å². The predicted octanol–water partition coefficient (Wildman–Crippen LogP) is 15.0. The van der Waals surface area contributed by atoms with Crippen molar-refractivity contribution in [3.05, 3.63) is 340 Å². The van der Waals surface area contributed by atoms with Gasteiger partial charge in [-0.25, -0.2) is 61.6 Å². The highest BCUT2D eigenvalue weighted by molar-refractivity contribution is 6.59. The summed E-state index contributed by atoms with van der Waals surface area (Å²) in [6.45, 7) is 0. The van der Waals surface area contributed by atoms with E-state index in [9.17, 15) is 36.7 Å². The smallest absolute Gasteiger partial charge is 0.343 e. The molecule has 0 spiro atoms. The molecule has 10 aromatic rings. The fourth-order valence-electron chi connectivity index (χ4n) is 10.9. The Hall–Kier alpha value is -11.1. The Morgan fingerprint density at radius 3 is 0.871 bits per heavy atom. The molecule has 0 aliphatic carbocycles. The molecule has 0 saturated heterocycles. The topological polar surface area (TPSA) is 152 Å². The van der Waals surface area contributed by atoms with Crippen LogP contribution in [0.2, 0.25) is 0 Å². The molecule has 6 heterocycles. The molecule has 13 nitrogen and oxygen atoms in total. The van der Waals surface area contributed by atoms with Crippen molar-refractivity contribution in [2.45, 2.75) is 0 Å². The zero-order chi connectivity index (χ0) is 64.3. The van der Waals surface area contributed by atoms with Crippen LogP contribution in [0.3, 0.4) is 0 Å². The van der Waals surface area contributed by atoms with E-state index >= 15 is 0 Å². The second-order valence-electron chi connectivity index (χ2n) is 20.9. The number of rotatable bonds is 12. The van der Waals surface area contributed by atoms with Crippen molar-refractivity contribution in [3.8, 4) is 23.0 Å². The van der Waals surface area contributed by atoms with Gasteiger partial charge in [-0.15, -0.1) is 0 Å². The van der Waals surface area contributed by atoms with Crippen LogP contribution in [0.4, 0.5) is 17.6 Å². The number of nitrogens with zero attached hydrogens (tertiary/aromatic N) is 4. The number of allylic oxidation sites excluding steroid dienone is 4. The van der Waals surface area contributed by atoms with Crippen molar-refractivity contribution in [3.63, 3.8) is 0 Å². The first-order valence-electron chi connectivity index (χ1n) is 28.1. The van der Waals surface area contributed by atoms with E-state index in [1.807, 2.05) is 0 Å². The van der Waals surface area contributed by atoms with Crippen LogP contribution in [0.15, 0.2) is 260 Å². The molecule has 454 valence electrons. The monoisotopic (exact) mass is 1320 g/mol. The number of aromatic nitrogens is 2. The number of carbonyl (C=O) groups is 4. The number of hydrogen-bond acceptors (Lipinski definition) is 11. The summed E-state index contributed by atoms with van der Waals surface area (Å²) in [5.74, 6) is -7.53. The molecule has 0 radical (unpaired) electrons. The van der Waals surface area contributed by atoms with Gasteiger partial charge in [0.1, 0.15) is 0 Å². The van der Waals surface area contributed by atoms with Crippen LogP contribution in [0, 0.1) is 23.3 Å². The summed E-state index contributed by atoms with van der Waals surface area (Å²) in [5, 5.41) is 0.684. The number of nitrogens with one attached hydrogen (secondary N) is 1. The lowest BCUT2D eigenvalue weighted by Gasteiger charge is -2.24. The Balaban J connectivity index is 1.02.